The van der Waals surface area contributed by atoms with E-state index in [1.807, 2.05) is 4.90 Å². The highest BCUT2D eigenvalue weighted by Crippen LogP contribution is 2.26. The van der Waals surface area contributed by atoms with Crippen LogP contribution in [0.25, 0.3) is 0 Å². The van der Waals surface area contributed by atoms with Gasteiger partial charge in [0.15, 0.2) is 0 Å². The summed E-state index contributed by atoms with van der Waals surface area (Å²) in [6.07, 6.45) is 4.60. The highest BCUT2D eigenvalue weighted by Gasteiger charge is 2.34. The lowest BCUT2D eigenvalue weighted by molar-refractivity contribution is -0.142. The van der Waals surface area contributed by atoms with Crippen molar-refractivity contribution in [3.05, 3.63) is 17.0 Å². The molecule has 28 heavy (non-hydrogen) atoms. The Morgan fingerprint density at radius 1 is 1.11 bits per heavy atom. The summed E-state index contributed by atoms with van der Waals surface area (Å²) < 4.78 is 5.40. The van der Waals surface area contributed by atoms with Crippen LogP contribution < -0.4 is 0 Å². The number of rotatable bonds is 4. The zero-order valence-electron chi connectivity index (χ0n) is 17.5. The van der Waals surface area contributed by atoms with Crippen molar-refractivity contribution in [2.45, 2.75) is 52.1 Å². The van der Waals surface area contributed by atoms with E-state index < -0.39 is 0 Å². The molecule has 3 aliphatic heterocycles. The smallest absolute Gasteiger partial charge is 0.227 e. The predicted molar refractivity (Wildman–Crippen MR) is 108 cm³/mol. The Labute approximate surface area is 168 Å². The van der Waals surface area contributed by atoms with Gasteiger partial charge in [-0.2, -0.15) is 5.10 Å². The quantitative estimate of drug-likeness (QED) is 0.847. The third-order valence-electron chi connectivity index (χ3n) is 6.86. The Balaban J connectivity index is 1.27. The second-order valence-electron chi connectivity index (χ2n) is 8.69. The zero-order chi connectivity index (χ0) is 19.5. The maximum Gasteiger partial charge on any atom is 0.227 e. The summed E-state index contributed by atoms with van der Waals surface area (Å²) in [5.74, 6) is 0.539. The van der Waals surface area contributed by atoms with Gasteiger partial charge in [-0.25, -0.2) is 0 Å². The van der Waals surface area contributed by atoms with Crippen molar-refractivity contribution in [2.75, 3.05) is 52.5 Å². The van der Waals surface area contributed by atoms with E-state index >= 15 is 0 Å². The highest BCUT2D eigenvalue weighted by molar-refractivity contribution is 5.79. The number of hydrogen-bond donors (Lipinski definition) is 1. The van der Waals surface area contributed by atoms with Crippen molar-refractivity contribution in [3.63, 3.8) is 0 Å². The van der Waals surface area contributed by atoms with Crippen molar-refractivity contribution in [1.82, 2.24) is 24.9 Å². The number of morpholine rings is 1. The predicted octanol–water partition coefficient (Wildman–Crippen LogP) is 1.56. The van der Waals surface area contributed by atoms with Crippen LogP contribution in [0.1, 0.15) is 42.6 Å². The molecule has 0 bridgehead atoms. The van der Waals surface area contributed by atoms with Crippen molar-refractivity contribution in [2.24, 2.45) is 5.92 Å². The molecule has 0 radical (unpaired) electrons. The Morgan fingerprint density at radius 2 is 1.86 bits per heavy atom. The number of nitrogens with zero attached hydrogens (tertiary/aromatic N) is 4. The normalized spacial score (nSPS) is 25.9. The van der Waals surface area contributed by atoms with Crippen molar-refractivity contribution < 1.29 is 9.53 Å². The minimum absolute atomic E-state index is 0.182. The molecule has 4 heterocycles. The van der Waals surface area contributed by atoms with Gasteiger partial charge in [0.05, 0.1) is 24.8 Å². The summed E-state index contributed by atoms with van der Waals surface area (Å²) in [7, 11) is 0. The van der Waals surface area contributed by atoms with Gasteiger partial charge in [0, 0.05) is 43.5 Å². The number of aromatic nitrogens is 2. The average Bonchev–Trinajstić information content (AvgIpc) is 3.06. The number of amides is 1. The number of aryl methyl sites for hydroxylation is 2. The molecule has 1 N–H and O–H groups in total. The molecule has 156 valence electrons. The standard InChI is InChI=1S/C21H35N5O2/c1-16-20(17(2)23-22-16)15-24-8-5-19(6-9-24)26-7-3-4-18(14-26)21(27)25-10-12-28-13-11-25/h18-19H,3-15H2,1-2H3,(H,22,23)/t18-/m0/s1. The summed E-state index contributed by atoms with van der Waals surface area (Å²) >= 11 is 0. The largest absolute Gasteiger partial charge is 0.378 e. The highest BCUT2D eigenvalue weighted by atomic mass is 16.5. The number of H-pyrrole nitrogens is 1. The molecule has 7 nitrogen and oxygen atoms in total. The topological polar surface area (TPSA) is 64.7 Å². The fourth-order valence-corrected chi connectivity index (χ4v) is 5.05. The van der Waals surface area contributed by atoms with E-state index in [1.165, 1.54) is 24.1 Å². The molecule has 3 aliphatic rings. The molecule has 1 aromatic heterocycles. The van der Waals surface area contributed by atoms with Gasteiger partial charge >= 0.3 is 0 Å². The second-order valence-corrected chi connectivity index (χ2v) is 8.69. The summed E-state index contributed by atoms with van der Waals surface area (Å²) in [6.45, 7) is 12.5. The lowest BCUT2D eigenvalue weighted by Crippen LogP contribution is -2.52. The Hall–Kier alpha value is -1.44. The molecule has 3 saturated heterocycles. The Kier molecular flexibility index (Phi) is 6.33. The van der Waals surface area contributed by atoms with Crippen molar-refractivity contribution >= 4 is 5.91 Å². The Bertz CT molecular complexity index is 642. The monoisotopic (exact) mass is 389 g/mol. The molecule has 0 aliphatic carbocycles. The van der Waals surface area contributed by atoms with E-state index in [0.717, 1.165) is 64.3 Å². The number of nitrogens with one attached hydrogen (secondary N) is 1. The van der Waals surface area contributed by atoms with Crippen LogP contribution in [-0.4, -0.2) is 89.3 Å². The molecule has 0 aromatic carbocycles. The van der Waals surface area contributed by atoms with Crippen LogP contribution in [-0.2, 0) is 16.1 Å². The number of hydrogen-bond acceptors (Lipinski definition) is 5. The van der Waals surface area contributed by atoms with Gasteiger partial charge in [-0.05, 0) is 59.2 Å². The molecule has 3 fully saturated rings. The van der Waals surface area contributed by atoms with Gasteiger partial charge in [-0.15, -0.1) is 0 Å². The SMILES string of the molecule is Cc1n[nH]c(C)c1CN1CCC(N2CCC[C@H](C(=O)N3CCOCC3)C2)CC1. The second kappa shape index (κ2) is 8.93. The van der Waals surface area contributed by atoms with E-state index in [4.69, 9.17) is 4.74 Å². The van der Waals surface area contributed by atoms with Gasteiger partial charge in [0.1, 0.15) is 0 Å². The first kappa shape index (κ1) is 19.9. The van der Waals surface area contributed by atoms with Crippen LogP contribution in [0.15, 0.2) is 0 Å². The van der Waals surface area contributed by atoms with E-state index in [9.17, 15) is 4.79 Å². The van der Waals surface area contributed by atoms with Crippen LogP contribution in [0.4, 0.5) is 0 Å². The molecular weight excluding hydrogens is 354 g/mol. The van der Waals surface area contributed by atoms with Crippen molar-refractivity contribution in [3.8, 4) is 0 Å². The minimum atomic E-state index is 0.182. The lowest BCUT2D eigenvalue weighted by Gasteiger charge is -2.43. The number of carbonyl (C=O) groups is 1. The average molecular weight is 390 g/mol. The lowest BCUT2D eigenvalue weighted by atomic mass is 9.92. The third-order valence-corrected chi connectivity index (χ3v) is 6.86. The Morgan fingerprint density at radius 3 is 2.54 bits per heavy atom. The number of ether oxygens (including phenoxy) is 1. The van der Waals surface area contributed by atoms with Crippen LogP contribution >= 0.6 is 0 Å². The molecule has 1 aromatic rings. The molecule has 1 atom stereocenters. The minimum Gasteiger partial charge on any atom is -0.378 e. The van der Waals surface area contributed by atoms with Crippen LogP contribution in [0.3, 0.4) is 0 Å². The van der Waals surface area contributed by atoms with Crippen LogP contribution in [0, 0.1) is 19.8 Å². The van der Waals surface area contributed by atoms with Gasteiger partial charge in [-0.3, -0.25) is 19.7 Å². The number of piperidine rings is 2. The van der Waals surface area contributed by atoms with E-state index in [-0.39, 0.29) is 5.92 Å². The van der Waals surface area contributed by atoms with Gasteiger partial charge in [0.2, 0.25) is 5.91 Å². The summed E-state index contributed by atoms with van der Waals surface area (Å²) in [5.41, 5.74) is 3.67. The maximum atomic E-state index is 12.9. The van der Waals surface area contributed by atoms with Gasteiger partial charge in [0.25, 0.3) is 0 Å². The number of likely N-dealkylation sites (tertiary alicyclic amines) is 2. The number of carbonyl (C=O) groups excluding carboxylic acids is 1. The molecule has 0 saturated carbocycles. The van der Waals surface area contributed by atoms with Crippen LogP contribution in [0.2, 0.25) is 0 Å². The summed E-state index contributed by atoms with van der Waals surface area (Å²) in [4.78, 5) is 20.1. The first-order valence-electron chi connectivity index (χ1n) is 10.9. The molecule has 4 rings (SSSR count). The molecule has 1 amide bonds. The molecular formula is C21H35N5O2. The summed E-state index contributed by atoms with van der Waals surface area (Å²) in [5, 5.41) is 7.43. The number of aromatic amines is 1. The van der Waals surface area contributed by atoms with E-state index in [0.29, 0.717) is 25.2 Å². The van der Waals surface area contributed by atoms with Gasteiger partial charge < -0.3 is 9.64 Å². The van der Waals surface area contributed by atoms with Crippen LogP contribution in [0.5, 0.6) is 0 Å². The van der Waals surface area contributed by atoms with Crippen molar-refractivity contribution in [1.29, 1.82) is 0 Å². The first-order valence-corrected chi connectivity index (χ1v) is 10.9. The zero-order valence-corrected chi connectivity index (χ0v) is 17.5. The fraction of sp³-hybridized carbons (Fsp3) is 0.810. The van der Waals surface area contributed by atoms with Gasteiger partial charge in [-0.1, -0.05) is 0 Å². The fourth-order valence-electron chi connectivity index (χ4n) is 5.05. The molecule has 7 heteroatoms. The molecule has 0 spiro atoms. The van der Waals surface area contributed by atoms with E-state index in [1.54, 1.807) is 0 Å². The molecule has 0 unspecified atom stereocenters. The maximum absolute atomic E-state index is 12.9. The van der Waals surface area contributed by atoms with E-state index in [2.05, 4.69) is 33.8 Å². The third kappa shape index (κ3) is 4.42. The summed E-state index contributed by atoms with van der Waals surface area (Å²) in [6, 6.07) is 0.628. The first-order chi connectivity index (χ1) is 13.6.